The Morgan fingerprint density at radius 2 is 1.94 bits per heavy atom. The Bertz CT molecular complexity index is 750. The molecule has 3 aliphatic heterocycles. The summed E-state index contributed by atoms with van der Waals surface area (Å²) in [5.74, 6) is 2.49. The molecule has 1 aromatic heterocycles. The van der Waals surface area contributed by atoms with Crippen LogP contribution in [0.5, 0.6) is 0 Å². The fourth-order valence-corrected chi connectivity index (χ4v) is 4.27. The van der Waals surface area contributed by atoms with Crippen LogP contribution in [0.15, 0.2) is 16.5 Å². The first-order valence-electron chi connectivity index (χ1n) is 10.7. The van der Waals surface area contributed by atoms with E-state index in [1.165, 1.54) is 0 Å². The first-order valence-corrected chi connectivity index (χ1v) is 10.7. The van der Waals surface area contributed by atoms with Crippen LogP contribution in [0.3, 0.4) is 0 Å². The molecule has 0 aromatic carbocycles. The van der Waals surface area contributed by atoms with E-state index >= 15 is 0 Å². The Balaban J connectivity index is 0.000000858. The van der Waals surface area contributed by atoms with E-state index in [1.54, 1.807) is 0 Å². The second-order valence-electron chi connectivity index (χ2n) is 8.33. The number of likely N-dealkylation sites (tertiary alicyclic amines) is 2. The molecule has 1 aromatic rings. The van der Waals surface area contributed by atoms with Crippen molar-refractivity contribution in [3.63, 3.8) is 0 Å². The number of carboxylic acid groups (broad SMARTS) is 1. The van der Waals surface area contributed by atoms with E-state index in [2.05, 4.69) is 10.2 Å². The van der Waals surface area contributed by atoms with Gasteiger partial charge in [-0.3, -0.25) is 9.69 Å². The average molecular weight is 437 g/mol. The highest BCUT2D eigenvalue weighted by Crippen LogP contribution is 2.31. The third kappa shape index (κ3) is 6.36. The second-order valence-corrected chi connectivity index (χ2v) is 8.33. The van der Waals surface area contributed by atoms with Gasteiger partial charge in [0, 0.05) is 32.5 Å². The number of nitrogens with zero attached hydrogens (tertiary/aromatic N) is 2. The Morgan fingerprint density at radius 1 is 1.26 bits per heavy atom. The van der Waals surface area contributed by atoms with E-state index in [9.17, 15) is 9.59 Å². The minimum absolute atomic E-state index is 0.0198. The third-order valence-electron chi connectivity index (χ3n) is 6.14. The van der Waals surface area contributed by atoms with E-state index in [4.69, 9.17) is 23.8 Å². The van der Waals surface area contributed by atoms with Gasteiger partial charge in [0.25, 0.3) is 6.47 Å². The maximum atomic E-state index is 12.5. The lowest BCUT2D eigenvalue weighted by Crippen LogP contribution is -2.51. The molecule has 172 valence electrons. The van der Waals surface area contributed by atoms with Crippen molar-refractivity contribution in [2.45, 2.75) is 44.8 Å². The van der Waals surface area contributed by atoms with Crippen molar-refractivity contribution in [2.24, 2.45) is 5.92 Å². The monoisotopic (exact) mass is 437 g/mol. The highest BCUT2D eigenvalue weighted by molar-refractivity contribution is 5.74. The molecule has 0 aliphatic carbocycles. The number of carbonyl (C=O) groups excluding carboxylic acids is 2. The van der Waals surface area contributed by atoms with Crippen molar-refractivity contribution in [1.82, 2.24) is 15.1 Å². The zero-order valence-electron chi connectivity index (χ0n) is 17.9. The summed E-state index contributed by atoms with van der Waals surface area (Å²) in [5, 5.41) is 9.98. The maximum Gasteiger partial charge on any atom is 0.509 e. The minimum Gasteiger partial charge on any atom is -0.483 e. The number of carbonyl (C=O) groups is 3. The fraction of sp³-hybridized carbons (Fsp3) is 0.667. The number of ether oxygens (including phenoxy) is 2. The Kier molecular flexibility index (Phi) is 7.78. The largest absolute Gasteiger partial charge is 0.509 e. The van der Waals surface area contributed by atoms with Gasteiger partial charge >= 0.3 is 12.2 Å². The fourth-order valence-electron chi connectivity index (χ4n) is 4.27. The molecule has 4 heterocycles. The molecule has 0 bridgehead atoms. The quantitative estimate of drug-likeness (QED) is 0.543. The molecule has 3 aliphatic rings. The number of nitrogens with one attached hydrogen (secondary N) is 1. The molecule has 4 rings (SSSR count). The summed E-state index contributed by atoms with van der Waals surface area (Å²) in [6.07, 6.45) is 2.84. The minimum atomic E-state index is -0.591. The van der Waals surface area contributed by atoms with E-state index in [0.717, 1.165) is 44.0 Å². The van der Waals surface area contributed by atoms with E-state index in [1.807, 2.05) is 24.0 Å². The number of cyclic esters (lactones) is 1. The topological polar surface area (TPSA) is 122 Å². The van der Waals surface area contributed by atoms with Crippen molar-refractivity contribution in [3.8, 4) is 0 Å². The van der Waals surface area contributed by atoms with Crippen molar-refractivity contribution < 1.29 is 33.4 Å². The van der Waals surface area contributed by atoms with E-state index in [0.29, 0.717) is 45.0 Å². The summed E-state index contributed by atoms with van der Waals surface area (Å²) in [7, 11) is 0. The van der Waals surface area contributed by atoms with Crippen molar-refractivity contribution in [2.75, 3.05) is 39.3 Å². The predicted molar refractivity (Wildman–Crippen MR) is 110 cm³/mol. The van der Waals surface area contributed by atoms with Gasteiger partial charge in [-0.05, 0) is 50.9 Å². The molecule has 2 N–H and O–H groups in total. The number of urea groups is 1. The highest BCUT2D eigenvalue weighted by Gasteiger charge is 2.45. The lowest BCUT2D eigenvalue weighted by atomic mass is 9.92. The molecule has 10 nitrogen and oxygen atoms in total. The van der Waals surface area contributed by atoms with Crippen LogP contribution in [0.25, 0.3) is 0 Å². The summed E-state index contributed by atoms with van der Waals surface area (Å²) in [6, 6.07) is 4.03. The molecule has 3 saturated heterocycles. The Labute approximate surface area is 181 Å². The van der Waals surface area contributed by atoms with Gasteiger partial charge in [-0.25, -0.2) is 9.59 Å². The predicted octanol–water partition coefficient (Wildman–Crippen LogP) is 2.21. The summed E-state index contributed by atoms with van der Waals surface area (Å²) in [6.45, 7) is 6.82. The molecule has 0 atom stereocenters. The van der Waals surface area contributed by atoms with E-state index < -0.39 is 11.8 Å². The van der Waals surface area contributed by atoms with E-state index in [-0.39, 0.29) is 12.5 Å². The van der Waals surface area contributed by atoms with Crippen LogP contribution in [0.4, 0.5) is 9.59 Å². The number of aryl methyl sites for hydroxylation is 1. The van der Waals surface area contributed by atoms with Crippen LogP contribution in [0.2, 0.25) is 0 Å². The molecule has 31 heavy (non-hydrogen) atoms. The molecule has 0 radical (unpaired) electrons. The number of rotatable bonds is 4. The second kappa shape index (κ2) is 10.5. The first kappa shape index (κ1) is 22.9. The summed E-state index contributed by atoms with van der Waals surface area (Å²) < 4.78 is 15.9. The van der Waals surface area contributed by atoms with Crippen LogP contribution in [0.1, 0.15) is 37.2 Å². The van der Waals surface area contributed by atoms with Crippen LogP contribution in [0, 0.1) is 12.8 Å². The van der Waals surface area contributed by atoms with Gasteiger partial charge in [-0.1, -0.05) is 0 Å². The van der Waals surface area contributed by atoms with Crippen molar-refractivity contribution in [1.29, 1.82) is 0 Å². The number of piperidine rings is 2. The number of hydrogen-bond donors (Lipinski definition) is 2. The van der Waals surface area contributed by atoms with Gasteiger partial charge in [-0.2, -0.15) is 0 Å². The number of hydrogen-bond acceptors (Lipinski definition) is 7. The van der Waals surface area contributed by atoms with Crippen LogP contribution in [-0.4, -0.2) is 78.5 Å². The molecule has 2 amide bonds. The zero-order chi connectivity index (χ0) is 22.3. The standard InChI is InChI=1S/C20H29N3O5.CH2O2/c1-15-2-3-17(27-15)13-22-8-4-16(5-9-22)12-21-18(24)23-10-6-20(7-11-23)14-26-19(25)28-20;2-1-3/h2-3,16H,4-14H2,1H3,(H,21,24);1H,(H,2,3). The van der Waals surface area contributed by atoms with Crippen molar-refractivity contribution in [3.05, 3.63) is 23.7 Å². The van der Waals surface area contributed by atoms with Gasteiger partial charge in [-0.15, -0.1) is 0 Å². The van der Waals surface area contributed by atoms with Crippen LogP contribution >= 0.6 is 0 Å². The number of furan rings is 1. The lowest BCUT2D eigenvalue weighted by Gasteiger charge is -2.36. The molecule has 3 fully saturated rings. The smallest absolute Gasteiger partial charge is 0.483 e. The van der Waals surface area contributed by atoms with Gasteiger partial charge < -0.3 is 29.2 Å². The number of amides is 2. The Morgan fingerprint density at radius 3 is 2.48 bits per heavy atom. The molecule has 0 unspecified atom stereocenters. The SMILES string of the molecule is Cc1ccc(CN2CCC(CNC(=O)N3CCC4(CC3)COC(=O)O4)CC2)o1.O=CO. The lowest BCUT2D eigenvalue weighted by molar-refractivity contribution is -0.122. The van der Waals surface area contributed by atoms with Gasteiger partial charge in [0.15, 0.2) is 5.60 Å². The highest BCUT2D eigenvalue weighted by atomic mass is 16.8. The van der Waals surface area contributed by atoms with Gasteiger partial charge in [0.2, 0.25) is 0 Å². The summed E-state index contributed by atoms with van der Waals surface area (Å²) in [5.41, 5.74) is -0.521. The van der Waals surface area contributed by atoms with Crippen LogP contribution < -0.4 is 5.32 Å². The van der Waals surface area contributed by atoms with Gasteiger partial charge in [0.1, 0.15) is 18.1 Å². The third-order valence-corrected chi connectivity index (χ3v) is 6.14. The molecule has 1 spiro atoms. The molecular weight excluding hydrogens is 406 g/mol. The van der Waals surface area contributed by atoms with Crippen LogP contribution in [-0.2, 0) is 20.8 Å². The Hall–Kier alpha value is -2.75. The maximum absolute atomic E-state index is 12.5. The zero-order valence-corrected chi connectivity index (χ0v) is 17.9. The molecule has 0 saturated carbocycles. The van der Waals surface area contributed by atoms with Gasteiger partial charge in [0.05, 0.1) is 6.54 Å². The summed E-state index contributed by atoms with van der Waals surface area (Å²) >= 11 is 0. The molecule has 10 heteroatoms. The van der Waals surface area contributed by atoms with Crippen molar-refractivity contribution >= 4 is 18.7 Å². The molecular formula is C21H31N3O7. The average Bonchev–Trinajstić information content (AvgIpc) is 3.33. The normalized spacial score (nSPS) is 21.1. The first-order chi connectivity index (χ1) is 14.9. The summed E-state index contributed by atoms with van der Waals surface area (Å²) in [4.78, 5) is 36.2.